The van der Waals surface area contributed by atoms with Gasteiger partial charge in [0, 0.05) is 31.2 Å². The number of carbonyl (C=O) groups is 1. The maximum atomic E-state index is 13.3. The first kappa shape index (κ1) is 19.3. The third-order valence-corrected chi connectivity index (χ3v) is 5.27. The number of amides is 1. The summed E-state index contributed by atoms with van der Waals surface area (Å²) >= 11 is 0. The van der Waals surface area contributed by atoms with Gasteiger partial charge in [0.2, 0.25) is 5.91 Å². The number of aromatic nitrogens is 2. The minimum atomic E-state index is 0.0806. The summed E-state index contributed by atoms with van der Waals surface area (Å²) < 4.78 is 0. The smallest absolute Gasteiger partial charge is 0.230 e. The molecule has 0 spiro atoms. The highest BCUT2D eigenvalue weighted by molar-refractivity contribution is 5.95. The van der Waals surface area contributed by atoms with E-state index in [1.165, 1.54) is 5.56 Å². The van der Waals surface area contributed by atoms with Crippen LogP contribution in [-0.2, 0) is 4.79 Å². The molecular formula is C22H30N4O. The van der Waals surface area contributed by atoms with E-state index in [0.717, 1.165) is 62.5 Å². The molecule has 0 saturated carbocycles. The largest absolute Gasteiger partial charge is 0.355 e. The van der Waals surface area contributed by atoms with E-state index in [4.69, 9.17) is 0 Å². The summed E-state index contributed by atoms with van der Waals surface area (Å²) in [5.41, 5.74) is 3.14. The predicted molar refractivity (Wildman–Crippen MR) is 110 cm³/mol. The molecule has 144 valence electrons. The number of hydrogen-bond acceptors (Lipinski definition) is 4. The zero-order valence-corrected chi connectivity index (χ0v) is 16.7. The number of benzene rings is 1. The third kappa shape index (κ3) is 4.85. The molecule has 0 atom stereocenters. The lowest BCUT2D eigenvalue weighted by atomic mass is 9.94. The summed E-state index contributed by atoms with van der Waals surface area (Å²) in [6.45, 7) is 8.68. The summed E-state index contributed by atoms with van der Waals surface area (Å²) in [5.74, 6) is 1.26. The van der Waals surface area contributed by atoms with Gasteiger partial charge in [0.05, 0.1) is 5.69 Å². The van der Waals surface area contributed by atoms with Gasteiger partial charge in [-0.05, 0) is 62.9 Å². The van der Waals surface area contributed by atoms with Crippen LogP contribution in [0.3, 0.4) is 0 Å². The van der Waals surface area contributed by atoms with Crippen molar-refractivity contribution in [3.8, 4) is 0 Å². The highest BCUT2D eigenvalue weighted by Crippen LogP contribution is 2.26. The molecule has 2 heterocycles. The maximum absolute atomic E-state index is 13.3. The monoisotopic (exact) mass is 366 g/mol. The van der Waals surface area contributed by atoms with E-state index in [0.29, 0.717) is 0 Å². The van der Waals surface area contributed by atoms with Crippen LogP contribution in [0.1, 0.15) is 43.9 Å². The van der Waals surface area contributed by atoms with Crippen molar-refractivity contribution in [3.05, 3.63) is 47.7 Å². The Balaban J connectivity index is 1.67. The van der Waals surface area contributed by atoms with Gasteiger partial charge in [0.1, 0.15) is 0 Å². The summed E-state index contributed by atoms with van der Waals surface area (Å²) in [7, 11) is 0. The number of anilines is 2. The van der Waals surface area contributed by atoms with Crippen LogP contribution in [0.15, 0.2) is 36.4 Å². The molecule has 3 rings (SSSR count). The summed E-state index contributed by atoms with van der Waals surface area (Å²) in [5, 5.41) is 8.44. The van der Waals surface area contributed by atoms with Crippen LogP contribution in [0.25, 0.3) is 0 Å². The molecule has 5 heteroatoms. The van der Waals surface area contributed by atoms with Crippen molar-refractivity contribution in [2.45, 2.75) is 46.5 Å². The topological polar surface area (TPSA) is 49.3 Å². The highest BCUT2D eigenvalue weighted by atomic mass is 16.2. The van der Waals surface area contributed by atoms with E-state index in [9.17, 15) is 4.79 Å². The van der Waals surface area contributed by atoms with Gasteiger partial charge in [0.25, 0.3) is 0 Å². The SMILES string of the molecule is CCCCN(C(=O)C1CCN(c2ccc(C)nn2)CC1)c1cccc(C)c1. The fourth-order valence-electron chi connectivity index (χ4n) is 3.62. The molecule has 1 aliphatic heterocycles. The molecule has 0 unspecified atom stereocenters. The zero-order chi connectivity index (χ0) is 19.2. The molecule has 1 aliphatic rings. The first-order valence-corrected chi connectivity index (χ1v) is 10.0. The fourth-order valence-corrected chi connectivity index (χ4v) is 3.62. The number of carbonyl (C=O) groups excluding carboxylic acids is 1. The average molecular weight is 367 g/mol. The second kappa shape index (κ2) is 8.98. The molecule has 1 fully saturated rings. The molecule has 0 aliphatic carbocycles. The van der Waals surface area contributed by atoms with Crippen LogP contribution >= 0.6 is 0 Å². The number of hydrogen-bond donors (Lipinski definition) is 0. The minimum Gasteiger partial charge on any atom is -0.355 e. The van der Waals surface area contributed by atoms with Crippen LogP contribution < -0.4 is 9.80 Å². The number of unbranched alkanes of at least 4 members (excludes halogenated alkanes) is 1. The van der Waals surface area contributed by atoms with Crippen LogP contribution in [0, 0.1) is 19.8 Å². The lowest BCUT2D eigenvalue weighted by Gasteiger charge is -2.34. The van der Waals surface area contributed by atoms with Crippen molar-refractivity contribution in [3.63, 3.8) is 0 Å². The van der Waals surface area contributed by atoms with Crippen molar-refractivity contribution in [2.24, 2.45) is 5.92 Å². The van der Waals surface area contributed by atoms with E-state index in [-0.39, 0.29) is 11.8 Å². The summed E-state index contributed by atoms with van der Waals surface area (Å²) in [4.78, 5) is 17.5. The number of rotatable bonds is 6. The number of piperidine rings is 1. The van der Waals surface area contributed by atoms with E-state index in [2.05, 4.69) is 47.1 Å². The maximum Gasteiger partial charge on any atom is 0.230 e. The van der Waals surface area contributed by atoms with Crippen molar-refractivity contribution in [1.82, 2.24) is 10.2 Å². The van der Waals surface area contributed by atoms with Crippen molar-refractivity contribution in [1.29, 1.82) is 0 Å². The van der Waals surface area contributed by atoms with E-state index >= 15 is 0 Å². The molecule has 1 saturated heterocycles. The summed E-state index contributed by atoms with van der Waals surface area (Å²) in [6, 6.07) is 12.3. The molecular weight excluding hydrogens is 336 g/mol. The van der Waals surface area contributed by atoms with E-state index in [1.54, 1.807) is 0 Å². The van der Waals surface area contributed by atoms with Crippen LogP contribution in [0.2, 0.25) is 0 Å². The van der Waals surface area contributed by atoms with Crippen LogP contribution in [0.4, 0.5) is 11.5 Å². The second-order valence-corrected chi connectivity index (χ2v) is 7.48. The molecule has 0 N–H and O–H groups in total. The van der Waals surface area contributed by atoms with Gasteiger partial charge < -0.3 is 9.80 Å². The third-order valence-electron chi connectivity index (χ3n) is 5.27. The molecule has 5 nitrogen and oxygen atoms in total. The Morgan fingerprint density at radius 3 is 2.56 bits per heavy atom. The molecule has 2 aromatic rings. The van der Waals surface area contributed by atoms with Crippen LogP contribution in [-0.4, -0.2) is 35.7 Å². The first-order chi connectivity index (χ1) is 13.1. The lowest BCUT2D eigenvalue weighted by Crippen LogP contribution is -2.43. The molecule has 27 heavy (non-hydrogen) atoms. The zero-order valence-electron chi connectivity index (χ0n) is 16.7. The first-order valence-electron chi connectivity index (χ1n) is 10.0. The van der Waals surface area contributed by atoms with Crippen LogP contribution in [0.5, 0.6) is 0 Å². The molecule has 0 radical (unpaired) electrons. The van der Waals surface area contributed by atoms with Gasteiger partial charge in [-0.15, -0.1) is 5.10 Å². The quantitative estimate of drug-likeness (QED) is 0.771. The molecule has 1 amide bonds. The predicted octanol–water partition coefficient (Wildman–Crippen LogP) is 4.14. The summed E-state index contributed by atoms with van der Waals surface area (Å²) in [6.07, 6.45) is 3.84. The van der Waals surface area contributed by atoms with Crippen molar-refractivity contribution in [2.75, 3.05) is 29.4 Å². The Kier molecular flexibility index (Phi) is 6.43. The Labute approximate surface area is 162 Å². The molecule has 0 bridgehead atoms. The second-order valence-electron chi connectivity index (χ2n) is 7.48. The normalized spacial score (nSPS) is 15.0. The highest BCUT2D eigenvalue weighted by Gasteiger charge is 2.29. The Bertz CT molecular complexity index is 751. The lowest BCUT2D eigenvalue weighted by molar-refractivity contribution is -0.123. The van der Waals surface area contributed by atoms with E-state index in [1.807, 2.05) is 30.0 Å². The number of aryl methyl sites for hydroxylation is 2. The standard InChI is InChI=1S/C22H30N4O/c1-4-5-13-26(20-8-6-7-17(2)16-20)22(27)19-11-14-25(15-12-19)21-10-9-18(3)23-24-21/h6-10,16,19H,4-5,11-15H2,1-3H3. The van der Waals surface area contributed by atoms with Gasteiger partial charge in [-0.2, -0.15) is 5.10 Å². The minimum absolute atomic E-state index is 0.0806. The van der Waals surface area contributed by atoms with Crippen molar-refractivity contribution < 1.29 is 4.79 Å². The Morgan fingerprint density at radius 1 is 1.15 bits per heavy atom. The van der Waals surface area contributed by atoms with Gasteiger partial charge >= 0.3 is 0 Å². The fraction of sp³-hybridized carbons (Fsp3) is 0.500. The Hall–Kier alpha value is -2.43. The number of nitrogens with zero attached hydrogens (tertiary/aromatic N) is 4. The molecule has 1 aromatic heterocycles. The van der Waals surface area contributed by atoms with E-state index < -0.39 is 0 Å². The van der Waals surface area contributed by atoms with Gasteiger partial charge in [-0.25, -0.2) is 0 Å². The Morgan fingerprint density at radius 2 is 1.93 bits per heavy atom. The molecule has 1 aromatic carbocycles. The van der Waals surface area contributed by atoms with Crippen molar-refractivity contribution >= 4 is 17.4 Å². The average Bonchev–Trinajstić information content (AvgIpc) is 2.69. The van der Waals surface area contributed by atoms with Gasteiger partial charge in [-0.1, -0.05) is 25.5 Å². The van der Waals surface area contributed by atoms with Gasteiger partial charge in [0.15, 0.2) is 5.82 Å². The van der Waals surface area contributed by atoms with Gasteiger partial charge in [-0.3, -0.25) is 4.79 Å².